The molecule has 0 aliphatic carbocycles. The molecule has 2 aromatic rings. The van der Waals surface area contributed by atoms with E-state index in [9.17, 15) is 4.79 Å². The van der Waals surface area contributed by atoms with Gasteiger partial charge in [-0.25, -0.2) is 9.97 Å². The quantitative estimate of drug-likeness (QED) is 0.791. The fourth-order valence-electron chi connectivity index (χ4n) is 3.74. The van der Waals surface area contributed by atoms with Crippen molar-refractivity contribution >= 4 is 17.1 Å². The summed E-state index contributed by atoms with van der Waals surface area (Å²) in [5.74, 6) is 0.0129. The molecule has 6 nitrogen and oxygen atoms in total. The number of likely N-dealkylation sites (tertiary alicyclic amines) is 2. The van der Waals surface area contributed by atoms with E-state index in [1.165, 1.54) is 6.42 Å². The van der Waals surface area contributed by atoms with Crippen LogP contribution in [0.15, 0.2) is 24.5 Å². The van der Waals surface area contributed by atoms with E-state index in [-0.39, 0.29) is 5.91 Å². The molecule has 2 aliphatic rings. The topological polar surface area (TPSA) is 62.2 Å². The minimum absolute atomic E-state index is 0.0129. The molecular weight excluding hydrogens is 278 g/mol. The minimum Gasteiger partial charge on any atom is -0.337 e. The van der Waals surface area contributed by atoms with Gasteiger partial charge in [-0.3, -0.25) is 9.78 Å². The Balaban J connectivity index is 1.56. The summed E-state index contributed by atoms with van der Waals surface area (Å²) >= 11 is 0. The van der Waals surface area contributed by atoms with Crippen molar-refractivity contribution in [3.05, 3.63) is 30.2 Å². The smallest absolute Gasteiger partial charge is 0.272 e. The van der Waals surface area contributed by atoms with Crippen LogP contribution >= 0.6 is 0 Å². The van der Waals surface area contributed by atoms with Crippen LogP contribution in [0.25, 0.3) is 11.2 Å². The van der Waals surface area contributed by atoms with Gasteiger partial charge in [-0.15, -0.1) is 0 Å². The van der Waals surface area contributed by atoms with Gasteiger partial charge in [0.1, 0.15) is 11.2 Å². The Morgan fingerprint density at radius 1 is 1.14 bits per heavy atom. The molecule has 0 aromatic carbocycles. The molecule has 2 aliphatic heterocycles. The highest BCUT2D eigenvalue weighted by Crippen LogP contribution is 2.39. The van der Waals surface area contributed by atoms with Crippen molar-refractivity contribution in [2.45, 2.75) is 12.8 Å². The highest BCUT2D eigenvalue weighted by Gasteiger charge is 2.44. The summed E-state index contributed by atoms with van der Waals surface area (Å²) < 4.78 is 0. The molecule has 0 radical (unpaired) electrons. The van der Waals surface area contributed by atoms with E-state index in [1.807, 2.05) is 11.0 Å². The van der Waals surface area contributed by atoms with Crippen LogP contribution in [0, 0.1) is 5.41 Å². The number of amides is 1. The van der Waals surface area contributed by atoms with Crippen LogP contribution in [-0.4, -0.2) is 63.9 Å². The number of rotatable bonds is 1. The predicted molar refractivity (Wildman–Crippen MR) is 82.4 cm³/mol. The van der Waals surface area contributed by atoms with Gasteiger partial charge in [0.05, 0.1) is 0 Å². The van der Waals surface area contributed by atoms with Crippen LogP contribution in [0.4, 0.5) is 0 Å². The number of hydrogen-bond donors (Lipinski definition) is 0. The van der Waals surface area contributed by atoms with Gasteiger partial charge < -0.3 is 9.80 Å². The van der Waals surface area contributed by atoms with E-state index >= 15 is 0 Å². The van der Waals surface area contributed by atoms with Crippen molar-refractivity contribution in [1.82, 2.24) is 24.8 Å². The standard InChI is InChI=1S/C16H19N5O/c1-20-8-4-16(10-20)5-9-21(11-16)15(22)13-3-2-12-14(19-13)18-7-6-17-12/h2-3,6-7H,4-5,8-11H2,1H3. The number of aromatic nitrogens is 3. The van der Waals surface area contributed by atoms with Gasteiger partial charge in [0.15, 0.2) is 5.65 Å². The Morgan fingerprint density at radius 2 is 1.95 bits per heavy atom. The average Bonchev–Trinajstić information content (AvgIpc) is 3.12. The number of hydrogen-bond acceptors (Lipinski definition) is 5. The molecule has 2 fully saturated rings. The number of carbonyl (C=O) groups excluding carboxylic acids is 1. The van der Waals surface area contributed by atoms with E-state index in [4.69, 9.17) is 0 Å². The van der Waals surface area contributed by atoms with Gasteiger partial charge in [0, 0.05) is 37.4 Å². The summed E-state index contributed by atoms with van der Waals surface area (Å²) in [6, 6.07) is 3.57. The summed E-state index contributed by atoms with van der Waals surface area (Å²) in [5.41, 5.74) is 2.01. The lowest BCUT2D eigenvalue weighted by Crippen LogP contribution is -2.33. The zero-order valence-corrected chi connectivity index (χ0v) is 12.7. The Kier molecular flexibility index (Phi) is 3.07. The highest BCUT2D eigenvalue weighted by molar-refractivity contribution is 5.94. The largest absolute Gasteiger partial charge is 0.337 e. The lowest BCUT2D eigenvalue weighted by Gasteiger charge is -2.23. The van der Waals surface area contributed by atoms with Gasteiger partial charge >= 0.3 is 0 Å². The summed E-state index contributed by atoms with van der Waals surface area (Å²) in [4.78, 5) is 29.8. The van der Waals surface area contributed by atoms with Crippen LogP contribution in [0.3, 0.4) is 0 Å². The first-order valence-electron chi connectivity index (χ1n) is 7.71. The highest BCUT2D eigenvalue weighted by atomic mass is 16.2. The van der Waals surface area contributed by atoms with Crippen molar-refractivity contribution < 1.29 is 4.79 Å². The molecule has 4 rings (SSSR count). The maximum atomic E-state index is 12.7. The van der Waals surface area contributed by atoms with Gasteiger partial charge in [-0.1, -0.05) is 0 Å². The lowest BCUT2D eigenvalue weighted by molar-refractivity contribution is 0.0768. The number of fused-ring (bicyclic) bond motifs is 1. The number of pyridine rings is 1. The van der Waals surface area contributed by atoms with Crippen molar-refractivity contribution in [3.8, 4) is 0 Å². The van der Waals surface area contributed by atoms with Crippen LogP contribution in [0.1, 0.15) is 23.3 Å². The zero-order chi connectivity index (χ0) is 15.2. The third-order valence-electron chi connectivity index (χ3n) is 4.91. The summed E-state index contributed by atoms with van der Waals surface area (Å²) in [6.45, 7) is 3.89. The molecular formula is C16H19N5O. The molecule has 6 heteroatoms. The molecule has 1 unspecified atom stereocenters. The van der Waals surface area contributed by atoms with E-state index in [2.05, 4.69) is 26.9 Å². The first-order chi connectivity index (χ1) is 10.7. The van der Waals surface area contributed by atoms with E-state index in [0.29, 0.717) is 22.3 Å². The molecule has 2 aromatic heterocycles. The Morgan fingerprint density at radius 3 is 2.77 bits per heavy atom. The average molecular weight is 297 g/mol. The van der Waals surface area contributed by atoms with E-state index in [1.54, 1.807) is 18.5 Å². The first kappa shape index (κ1) is 13.6. The van der Waals surface area contributed by atoms with Gasteiger partial charge in [-0.2, -0.15) is 0 Å². The normalized spacial score (nSPS) is 25.4. The molecule has 0 saturated carbocycles. The van der Waals surface area contributed by atoms with E-state index in [0.717, 1.165) is 32.6 Å². The second kappa shape index (κ2) is 4.98. The van der Waals surface area contributed by atoms with Crippen LogP contribution in [0.2, 0.25) is 0 Å². The molecule has 0 N–H and O–H groups in total. The Labute approximate surface area is 129 Å². The maximum absolute atomic E-state index is 12.7. The molecule has 4 heterocycles. The lowest BCUT2D eigenvalue weighted by atomic mass is 9.86. The molecule has 1 amide bonds. The second-order valence-corrected chi connectivity index (χ2v) is 6.56. The van der Waals surface area contributed by atoms with Crippen molar-refractivity contribution in [2.24, 2.45) is 5.41 Å². The van der Waals surface area contributed by atoms with Gasteiger partial charge in [0.2, 0.25) is 0 Å². The molecule has 2 saturated heterocycles. The van der Waals surface area contributed by atoms with Crippen molar-refractivity contribution in [2.75, 3.05) is 33.2 Å². The Bertz CT molecular complexity index is 733. The molecule has 114 valence electrons. The fraction of sp³-hybridized carbons (Fsp3) is 0.500. The third kappa shape index (κ3) is 2.23. The van der Waals surface area contributed by atoms with E-state index < -0.39 is 0 Å². The zero-order valence-electron chi connectivity index (χ0n) is 12.7. The Hall–Kier alpha value is -2.08. The van der Waals surface area contributed by atoms with Crippen LogP contribution in [0.5, 0.6) is 0 Å². The van der Waals surface area contributed by atoms with Gasteiger partial charge in [-0.05, 0) is 38.6 Å². The van der Waals surface area contributed by atoms with Crippen LogP contribution in [-0.2, 0) is 0 Å². The summed E-state index contributed by atoms with van der Waals surface area (Å²) in [6.07, 6.45) is 5.51. The molecule has 0 bridgehead atoms. The summed E-state index contributed by atoms with van der Waals surface area (Å²) in [5, 5.41) is 0. The second-order valence-electron chi connectivity index (χ2n) is 6.56. The predicted octanol–water partition coefficient (Wildman–Crippen LogP) is 1.19. The molecule has 1 atom stereocenters. The summed E-state index contributed by atoms with van der Waals surface area (Å²) in [7, 11) is 2.16. The number of nitrogens with zero attached hydrogens (tertiary/aromatic N) is 5. The van der Waals surface area contributed by atoms with Gasteiger partial charge in [0.25, 0.3) is 5.91 Å². The molecule has 1 spiro atoms. The monoisotopic (exact) mass is 297 g/mol. The number of carbonyl (C=O) groups is 1. The fourth-order valence-corrected chi connectivity index (χ4v) is 3.74. The van der Waals surface area contributed by atoms with Crippen molar-refractivity contribution in [3.63, 3.8) is 0 Å². The van der Waals surface area contributed by atoms with Crippen molar-refractivity contribution in [1.29, 1.82) is 0 Å². The molecule has 22 heavy (non-hydrogen) atoms. The minimum atomic E-state index is 0.0129. The maximum Gasteiger partial charge on any atom is 0.272 e. The third-order valence-corrected chi connectivity index (χ3v) is 4.91. The SMILES string of the molecule is CN1CCC2(CCN(C(=O)c3ccc4nccnc4n3)C2)C1. The first-order valence-corrected chi connectivity index (χ1v) is 7.71. The van der Waals surface area contributed by atoms with Crippen LogP contribution < -0.4 is 0 Å².